The molecule has 1 aromatic heterocycles. The van der Waals surface area contributed by atoms with Gasteiger partial charge >= 0.3 is 0 Å². The maximum absolute atomic E-state index is 13.2. The van der Waals surface area contributed by atoms with Crippen LogP contribution in [0, 0.1) is 0 Å². The summed E-state index contributed by atoms with van der Waals surface area (Å²) in [6.45, 7) is 8.36. The molecule has 1 aliphatic carbocycles. The van der Waals surface area contributed by atoms with Crippen LogP contribution in [0.15, 0.2) is 42.7 Å². The summed E-state index contributed by atoms with van der Waals surface area (Å²) >= 11 is 0. The molecule has 1 saturated carbocycles. The fourth-order valence-corrected chi connectivity index (χ4v) is 4.12. The Bertz CT molecular complexity index is 822. The van der Waals surface area contributed by atoms with Crippen molar-refractivity contribution >= 4 is 11.9 Å². The second-order valence-corrected chi connectivity index (χ2v) is 9.22. The minimum Gasteiger partial charge on any atom is -0.351 e. The Morgan fingerprint density at radius 2 is 1.82 bits per heavy atom. The van der Waals surface area contributed by atoms with Gasteiger partial charge in [0, 0.05) is 31.5 Å². The zero-order valence-corrected chi connectivity index (χ0v) is 17.1. The molecule has 5 nitrogen and oxygen atoms in total. The summed E-state index contributed by atoms with van der Waals surface area (Å²) in [5.74, 6) is 0.928. The fraction of sp³-hybridized carbons (Fsp3) is 0.522. The molecular weight excluding hydrogens is 348 g/mol. The summed E-state index contributed by atoms with van der Waals surface area (Å²) < 4.78 is 0. The molecule has 0 unspecified atom stereocenters. The second kappa shape index (κ2) is 7.19. The molecule has 0 bridgehead atoms. The molecule has 1 N–H and O–H groups in total. The van der Waals surface area contributed by atoms with Crippen molar-refractivity contribution in [3.63, 3.8) is 0 Å². The molecular formula is C23H30N4O. The lowest BCUT2D eigenvalue weighted by molar-refractivity contribution is -0.124. The fourth-order valence-electron chi connectivity index (χ4n) is 4.12. The average Bonchev–Trinajstić information content (AvgIpc) is 3.50. The molecule has 0 radical (unpaired) electrons. The van der Waals surface area contributed by atoms with Crippen LogP contribution in [-0.2, 0) is 15.6 Å². The van der Waals surface area contributed by atoms with E-state index >= 15 is 0 Å². The number of carbonyl (C=O) groups is 1. The molecule has 28 heavy (non-hydrogen) atoms. The lowest BCUT2D eigenvalue weighted by Gasteiger charge is -2.34. The second-order valence-electron chi connectivity index (χ2n) is 9.22. The van der Waals surface area contributed by atoms with Crippen LogP contribution in [0.1, 0.15) is 57.6 Å². The van der Waals surface area contributed by atoms with Crippen molar-refractivity contribution in [1.29, 1.82) is 0 Å². The first-order chi connectivity index (χ1) is 13.4. The Kier molecular flexibility index (Phi) is 4.86. The van der Waals surface area contributed by atoms with E-state index in [-0.39, 0.29) is 22.8 Å². The third-order valence-electron chi connectivity index (χ3n) is 6.08. The molecule has 0 spiro atoms. The number of amides is 1. The number of rotatable bonds is 4. The number of anilines is 1. The molecule has 2 aromatic rings. The van der Waals surface area contributed by atoms with Gasteiger partial charge in [0.25, 0.3) is 0 Å². The Balaban J connectivity index is 1.43. The predicted octanol–water partition coefficient (Wildman–Crippen LogP) is 3.59. The van der Waals surface area contributed by atoms with Gasteiger partial charge < -0.3 is 10.2 Å². The molecule has 148 valence electrons. The van der Waals surface area contributed by atoms with Crippen molar-refractivity contribution in [2.45, 2.75) is 63.3 Å². The molecule has 1 aliphatic heterocycles. The molecule has 5 heteroatoms. The molecule has 4 rings (SSSR count). The molecule has 2 aliphatic rings. The van der Waals surface area contributed by atoms with Gasteiger partial charge in [-0.1, -0.05) is 45.0 Å². The highest BCUT2D eigenvalue weighted by Gasteiger charge is 2.51. The quantitative estimate of drug-likeness (QED) is 0.883. The van der Waals surface area contributed by atoms with E-state index in [2.05, 4.69) is 65.2 Å². The zero-order chi connectivity index (χ0) is 19.8. The first kappa shape index (κ1) is 18.9. The van der Waals surface area contributed by atoms with Crippen molar-refractivity contribution in [2.75, 3.05) is 18.0 Å². The van der Waals surface area contributed by atoms with Crippen molar-refractivity contribution in [2.24, 2.45) is 0 Å². The van der Waals surface area contributed by atoms with E-state index in [4.69, 9.17) is 0 Å². The van der Waals surface area contributed by atoms with Crippen LogP contribution in [0.2, 0.25) is 0 Å². The van der Waals surface area contributed by atoms with E-state index in [9.17, 15) is 4.79 Å². The van der Waals surface area contributed by atoms with Gasteiger partial charge in [0.1, 0.15) is 0 Å². The van der Waals surface area contributed by atoms with Gasteiger partial charge in [-0.05, 0) is 48.3 Å². The highest BCUT2D eigenvalue weighted by atomic mass is 16.2. The molecule has 1 amide bonds. The minimum atomic E-state index is -0.331. The van der Waals surface area contributed by atoms with Crippen LogP contribution in [0.4, 0.5) is 5.95 Å². The SMILES string of the molecule is CC(C)(C)c1ccc(C2(C(=O)N[C@H]3CCCN(c4ncccn4)C3)CC2)cc1. The summed E-state index contributed by atoms with van der Waals surface area (Å²) in [6.07, 6.45) is 7.46. The Morgan fingerprint density at radius 3 is 2.43 bits per heavy atom. The molecule has 1 aromatic carbocycles. The van der Waals surface area contributed by atoms with Crippen LogP contribution < -0.4 is 10.2 Å². The number of nitrogens with one attached hydrogen (secondary N) is 1. The van der Waals surface area contributed by atoms with Crippen LogP contribution in [0.25, 0.3) is 0 Å². The van der Waals surface area contributed by atoms with Gasteiger partial charge in [0.05, 0.1) is 5.41 Å². The highest BCUT2D eigenvalue weighted by molar-refractivity contribution is 5.91. The van der Waals surface area contributed by atoms with Gasteiger partial charge in [0.2, 0.25) is 11.9 Å². The van der Waals surface area contributed by atoms with Gasteiger partial charge in [-0.25, -0.2) is 9.97 Å². The summed E-state index contributed by atoms with van der Waals surface area (Å²) in [4.78, 5) is 24.0. The third kappa shape index (κ3) is 3.75. The van der Waals surface area contributed by atoms with E-state index in [1.54, 1.807) is 12.4 Å². The Morgan fingerprint density at radius 1 is 1.14 bits per heavy atom. The normalized spacial score (nSPS) is 21.2. The number of aromatic nitrogens is 2. The van der Waals surface area contributed by atoms with E-state index in [1.807, 2.05) is 6.07 Å². The molecule has 2 fully saturated rings. The highest BCUT2D eigenvalue weighted by Crippen LogP contribution is 2.48. The third-order valence-corrected chi connectivity index (χ3v) is 6.08. The van der Waals surface area contributed by atoms with E-state index in [1.165, 1.54) is 5.56 Å². The number of carbonyl (C=O) groups excluding carboxylic acids is 1. The molecule has 1 saturated heterocycles. The van der Waals surface area contributed by atoms with Crippen molar-refractivity contribution in [3.05, 3.63) is 53.9 Å². The molecule has 2 heterocycles. The largest absolute Gasteiger partial charge is 0.351 e. The van der Waals surface area contributed by atoms with E-state index in [0.717, 1.165) is 50.3 Å². The van der Waals surface area contributed by atoms with Crippen molar-refractivity contribution in [1.82, 2.24) is 15.3 Å². The van der Waals surface area contributed by atoms with Gasteiger partial charge in [0.15, 0.2) is 0 Å². The standard InChI is InChI=1S/C23H30N4O/c1-22(2,3)17-7-9-18(10-8-17)23(11-12-23)20(28)26-19-6-4-15-27(16-19)21-24-13-5-14-25-21/h5,7-10,13-14,19H,4,6,11-12,15-16H2,1-3H3,(H,26,28)/t19-/m0/s1. The smallest absolute Gasteiger partial charge is 0.230 e. The number of nitrogens with zero attached hydrogens (tertiary/aromatic N) is 3. The number of benzene rings is 1. The Labute approximate surface area is 167 Å². The maximum Gasteiger partial charge on any atom is 0.230 e. The van der Waals surface area contributed by atoms with E-state index in [0.29, 0.717) is 0 Å². The lowest BCUT2D eigenvalue weighted by atomic mass is 9.84. The van der Waals surface area contributed by atoms with E-state index < -0.39 is 0 Å². The number of hydrogen-bond acceptors (Lipinski definition) is 4. The van der Waals surface area contributed by atoms with Gasteiger partial charge in [-0.15, -0.1) is 0 Å². The summed E-state index contributed by atoms with van der Waals surface area (Å²) in [5, 5.41) is 3.33. The van der Waals surface area contributed by atoms with Crippen LogP contribution in [-0.4, -0.2) is 35.0 Å². The number of hydrogen-bond donors (Lipinski definition) is 1. The molecule has 1 atom stereocenters. The summed E-state index contributed by atoms with van der Waals surface area (Å²) in [6, 6.07) is 10.6. The van der Waals surface area contributed by atoms with Crippen molar-refractivity contribution in [3.8, 4) is 0 Å². The maximum atomic E-state index is 13.2. The topological polar surface area (TPSA) is 58.1 Å². The van der Waals surface area contributed by atoms with Gasteiger partial charge in [-0.3, -0.25) is 4.79 Å². The zero-order valence-electron chi connectivity index (χ0n) is 17.1. The van der Waals surface area contributed by atoms with Gasteiger partial charge in [-0.2, -0.15) is 0 Å². The summed E-state index contributed by atoms with van der Waals surface area (Å²) in [5.41, 5.74) is 2.25. The van der Waals surface area contributed by atoms with Crippen LogP contribution in [0.3, 0.4) is 0 Å². The van der Waals surface area contributed by atoms with Crippen LogP contribution in [0.5, 0.6) is 0 Å². The first-order valence-electron chi connectivity index (χ1n) is 10.3. The predicted molar refractivity (Wildman–Crippen MR) is 111 cm³/mol. The average molecular weight is 379 g/mol. The minimum absolute atomic E-state index is 0.128. The monoisotopic (exact) mass is 378 g/mol. The van der Waals surface area contributed by atoms with Crippen LogP contribution >= 0.6 is 0 Å². The Hall–Kier alpha value is -2.43. The first-order valence-corrected chi connectivity index (χ1v) is 10.3. The van der Waals surface area contributed by atoms with Crippen molar-refractivity contribution < 1.29 is 4.79 Å². The number of piperidine rings is 1. The summed E-state index contributed by atoms with van der Waals surface area (Å²) in [7, 11) is 0. The lowest BCUT2D eigenvalue weighted by Crippen LogP contribution is -2.50.